The summed E-state index contributed by atoms with van der Waals surface area (Å²) in [6.07, 6.45) is 0.170. The minimum Gasteiger partial charge on any atom is -0.481 e. The van der Waals surface area contributed by atoms with E-state index in [2.05, 4.69) is 11.6 Å². The quantitative estimate of drug-likeness (QED) is 0.452. The SMILES string of the molecule is C=C(c1cccnc1-c1ccccc1)C(O)C(C(=O)C(C(=O)O)C(C)C)c1ccc(F)cc1. The number of aliphatic hydroxyl groups is 1. The second-order valence-electron chi connectivity index (χ2n) is 8.23. The van der Waals surface area contributed by atoms with Crippen molar-refractivity contribution in [3.8, 4) is 11.3 Å². The van der Waals surface area contributed by atoms with E-state index in [1.807, 2.05) is 30.3 Å². The van der Waals surface area contributed by atoms with Gasteiger partial charge in [-0.25, -0.2) is 4.39 Å². The molecule has 33 heavy (non-hydrogen) atoms. The number of aliphatic hydroxyl groups excluding tert-OH is 1. The molecule has 1 aromatic heterocycles. The van der Waals surface area contributed by atoms with Crippen molar-refractivity contribution in [3.05, 3.63) is 96.4 Å². The summed E-state index contributed by atoms with van der Waals surface area (Å²) in [6, 6.07) is 17.9. The molecule has 3 unspecified atom stereocenters. The highest BCUT2D eigenvalue weighted by atomic mass is 19.1. The number of carboxylic acids is 1. The van der Waals surface area contributed by atoms with Crippen LogP contribution in [0, 0.1) is 17.7 Å². The second kappa shape index (κ2) is 10.3. The third-order valence-corrected chi connectivity index (χ3v) is 5.65. The van der Waals surface area contributed by atoms with Gasteiger partial charge in [0.25, 0.3) is 0 Å². The lowest BCUT2D eigenvalue weighted by Crippen LogP contribution is -2.38. The van der Waals surface area contributed by atoms with Gasteiger partial charge in [-0.05, 0) is 35.3 Å². The fourth-order valence-electron chi connectivity index (χ4n) is 3.95. The van der Waals surface area contributed by atoms with E-state index >= 15 is 0 Å². The number of pyridine rings is 1. The minimum absolute atomic E-state index is 0.220. The first-order chi connectivity index (χ1) is 15.7. The Morgan fingerprint density at radius 2 is 1.61 bits per heavy atom. The van der Waals surface area contributed by atoms with Gasteiger partial charge in [0.15, 0.2) is 5.78 Å². The van der Waals surface area contributed by atoms with Crippen molar-refractivity contribution in [2.45, 2.75) is 25.9 Å². The van der Waals surface area contributed by atoms with Gasteiger partial charge in [-0.15, -0.1) is 0 Å². The lowest BCUT2D eigenvalue weighted by molar-refractivity contribution is -0.149. The van der Waals surface area contributed by atoms with Crippen LogP contribution in [0.1, 0.15) is 30.9 Å². The lowest BCUT2D eigenvalue weighted by atomic mass is 9.76. The van der Waals surface area contributed by atoms with Gasteiger partial charge in [0.05, 0.1) is 17.7 Å². The van der Waals surface area contributed by atoms with Gasteiger partial charge in [0.2, 0.25) is 0 Å². The van der Waals surface area contributed by atoms with E-state index in [1.165, 1.54) is 24.3 Å². The van der Waals surface area contributed by atoms with Crippen molar-refractivity contribution in [2.75, 3.05) is 0 Å². The number of halogens is 1. The number of carbonyl (C=O) groups excluding carboxylic acids is 1. The summed E-state index contributed by atoms with van der Waals surface area (Å²) in [7, 11) is 0. The number of carboxylic acid groups (broad SMARTS) is 1. The Morgan fingerprint density at radius 1 is 0.970 bits per heavy atom. The molecule has 6 heteroatoms. The van der Waals surface area contributed by atoms with Crippen molar-refractivity contribution < 1.29 is 24.2 Å². The van der Waals surface area contributed by atoms with Gasteiger partial charge >= 0.3 is 5.97 Å². The van der Waals surface area contributed by atoms with Crippen molar-refractivity contribution in [1.82, 2.24) is 4.98 Å². The molecule has 0 amide bonds. The zero-order valence-corrected chi connectivity index (χ0v) is 18.5. The Hall–Kier alpha value is -3.64. The van der Waals surface area contributed by atoms with Crippen LogP contribution < -0.4 is 0 Å². The molecule has 2 aromatic carbocycles. The summed E-state index contributed by atoms with van der Waals surface area (Å²) in [5.41, 5.74) is 2.44. The van der Waals surface area contributed by atoms with Crippen molar-refractivity contribution in [3.63, 3.8) is 0 Å². The molecule has 0 saturated heterocycles. The van der Waals surface area contributed by atoms with Gasteiger partial charge in [-0.1, -0.05) is 69.0 Å². The average molecular weight is 448 g/mol. The van der Waals surface area contributed by atoms with Crippen molar-refractivity contribution in [2.24, 2.45) is 11.8 Å². The third-order valence-electron chi connectivity index (χ3n) is 5.65. The molecule has 3 rings (SSSR count). The Labute approximate surface area is 192 Å². The highest BCUT2D eigenvalue weighted by Crippen LogP contribution is 2.36. The predicted molar refractivity (Wildman–Crippen MR) is 125 cm³/mol. The average Bonchev–Trinajstić information content (AvgIpc) is 2.80. The molecule has 0 aliphatic heterocycles. The molecule has 3 atom stereocenters. The van der Waals surface area contributed by atoms with Crippen LogP contribution in [-0.2, 0) is 9.59 Å². The molecule has 5 nitrogen and oxygen atoms in total. The maximum atomic E-state index is 13.6. The molecule has 0 aliphatic carbocycles. The van der Waals surface area contributed by atoms with Gasteiger partial charge in [0, 0.05) is 17.3 Å². The Balaban J connectivity index is 2.08. The molecular formula is C27H26FNO4. The maximum Gasteiger partial charge on any atom is 0.314 e. The highest BCUT2D eigenvalue weighted by molar-refractivity contribution is 6.03. The number of aromatic nitrogens is 1. The number of Topliss-reactive ketones (excluding diaryl/α,β-unsaturated/α-hetero) is 1. The third kappa shape index (κ3) is 5.23. The van der Waals surface area contributed by atoms with E-state index in [-0.39, 0.29) is 5.57 Å². The van der Waals surface area contributed by atoms with E-state index in [0.717, 1.165) is 5.56 Å². The Bertz CT molecular complexity index is 1140. The molecule has 1 heterocycles. The normalized spacial score (nSPS) is 13.8. The molecule has 3 aromatic rings. The number of rotatable bonds is 9. The number of carbonyl (C=O) groups is 2. The molecule has 0 saturated carbocycles. The monoisotopic (exact) mass is 447 g/mol. The largest absolute Gasteiger partial charge is 0.481 e. The second-order valence-corrected chi connectivity index (χ2v) is 8.23. The first kappa shape index (κ1) is 24.0. The Kier molecular flexibility index (Phi) is 7.51. The fourth-order valence-corrected chi connectivity index (χ4v) is 3.95. The number of nitrogens with zero attached hydrogens (tertiary/aromatic N) is 1. The predicted octanol–water partition coefficient (Wildman–Crippen LogP) is 4.97. The number of benzene rings is 2. The first-order valence-corrected chi connectivity index (χ1v) is 10.6. The number of aliphatic carboxylic acids is 1. The summed E-state index contributed by atoms with van der Waals surface area (Å²) >= 11 is 0. The zero-order chi connectivity index (χ0) is 24.1. The van der Waals surface area contributed by atoms with Gasteiger partial charge in [-0.3, -0.25) is 14.6 Å². The summed E-state index contributed by atoms with van der Waals surface area (Å²) in [6.45, 7) is 7.31. The fraction of sp³-hybridized carbons (Fsp3) is 0.222. The standard InChI is InChI=1S/C27H26FNO4/c1-16(2)22(27(32)33)26(31)23(18-11-13-20(28)14-12-18)25(30)17(3)21-10-7-15-29-24(21)19-8-5-4-6-9-19/h4-16,22-23,25,30H,3H2,1-2H3,(H,32,33). The summed E-state index contributed by atoms with van der Waals surface area (Å²) < 4.78 is 13.6. The highest BCUT2D eigenvalue weighted by Gasteiger charge is 2.40. The smallest absolute Gasteiger partial charge is 0.314 e. The zero-order valence-electron chi connectivity index (χ0n) is 18.5. The molecule has 0 aliphatic rings. The first-order valence-electron chi connectivity index (χ1n) is 10.6. The van der Waals surface area contributed by atoms with Crippen LogP contribution in [0.3, 0.4) is 0 Å². The maximum absolute atomic E-state index is 13.6. The molecule has 2 N–H and O–H groups in total. The summed E-state index contributed by atoms with van der Waals surface area (Å²) in [4.78, 5) is 29.8. The van der Waals surface area contributed by atoms with Gasteiger partial charge in [-0.2, -0.15) is 0 Å². The van der Waals surface area contributed by atoms with Crippen LogP contribution in [0.15, 0.2) is 79.5 Å². The Morgan fingerprint density at radius 3 is 2.18 bits per heavy atom. The molecular weight excluding hydrogens is 421 g/mol. The lowest BCUT2D eigenvalue weighted by Gasteiger charge is -2.28. The number of hydrogen-bond donors (Lipinski definition) is 2. The van der Waals surface area contributed by atoms with E-state index in [9.17, 15) is 24.2 Å². The van der Waals surface area contributed by atoms with Crippen LogP contribution in [0.5, 0.6) is 0 Å². The molecule has 170 valence electrons. The summed E-state index contributed by atoms with van der Waals surface area (Å²) in [5, 5.41) is 21.1. The molecule has 0 fully saturated rings. The summed E-state index contributed by atoms with van der Waals surface area (Å²) in [5.74, 6) is -5.53. The van der Waals surface area contributed by atoms with Crippen LogP contribution >= 0.6 is 0 Å². The van der Waals surface area contributed by atoms with E-state index in [0.29, 0.717) is 16.8 Å². The van der Waals surface area contributed by atoms with E-state index < -0.39 is 41.4 Å². The van der Waals surface area contributed by atoms with Crippen molar-refractivity contribution in [1.29, 1.82) is 0 Å². The van der Waals surface area contributed by atoms with Crippen LogP contribution in [0.4, 0.5) is 4.39 Å². The minimum atomic E-state index is -1.45. The van der Waals surface area contributed by atoms with E-state index in [4.69, 9.17) is 0 Å². The topological polar surface area (TPSA) is 87.5 Å². The molecule has 0 radical (unpaired) electrons. The van der Waals surface area contributed by atoms with Crippen LogP contribution in [0.25, 0.3) is 16.8 Å². The van der Waals surface area contributed by atoms with Gasteiger partial charge in [0.1, 0.15) is 11.7 Å². The van der Waals surface area contributed by atoms with E-state index in [1.54, 1.807) is 32.2 Å². The number of ketones is 1. The van der Waals surface area contributed by atoms with Crippen molar-refractivity contribution >= 4 is 17.3 Å². The molecule has 0 spiro atoms. The van der Waals surface area contributed by atoms with Crippen LogP contribution in [-0.4, -0.2) is 33.1 Å². The van der Waals surface area contributed by atoms with Gasteiger partial charge < -0.3 is 10.2 Å². The number of hydrogen-bond acceptors (Lipinski definition) is 4. The molecule has 0 bridgehead atoms. The van der Waals surface area contributed by atoms with Crippen LogP contribution in [0.2, 0.25) is 0 Å².